The fourth-order valence-corrected chi connectivity index (χ4v) is 5.22. The summed E-state index contributed by atoms with van der Waals surface area (Å²) in [6, 6.07) is 15.9. The van der Waals surface area contributed by atoms with Gasteiger partial charge in [-0.1, -0.05) is 24.3 Å². The molecule has 8 nitrogen and oxygen atoms in total. The lowest BCUT2D eigenvalue weighted by atomic mass is 10.1. The molecule has 2 fully saturated rings. The average molecular weight is 523 g/mol. The first-order valence-corrected chi connectivity index (χ1v) is 13.1. The Morgan fingerprint density at radius 2 is 1.95 bits per heavy atom. The minimum Gasteiger partial charge on any atom is -0.457 e. The minimum absolute atomic E-state index is 0.125. The molecule has 2 aromatic carbocycles. The van der Waals surface area contributed by atoms with Gasteiger partial charge in [-0.15, -0.1) is 0 Å². The van der Waals surface area contributed by atoms with Gasteiger partial charge in [0.25, 0.3) is 5.91 Å². The molecule has 0 radical (unpaired) electrons. The first-order chi connectivity index (χ1) is 19.0. The van der Waals surface area contributed by atoms with Crippen molar-refractivity contribution in [3.8, 4) is 28.7 Å². The highest BCUT2D eigenvalue weighted by molar-refractivity contribution is 6.01. The van der Waals surface area contributed by atoms with Crippen LogP contribution in [0.3, 0.4) is 0 Å². The van der Waals surface area contributed by atoms with Gasteiger partial charge < -0.3 is 19.9 Å². The average Bonchev–Trinajstić information content (AvgIpc) is 3.52. The number of halogens is 1. The molecule has 2 aromatic heterocycles. The van der Waals surface area contributed by atoms with Gasteiger partial charge in [0.15, 0.2) is 0 Å². The van der Waals surface area contributed by atoms with E-state index in [2.05, 4.69) is 16.0 Å². The summed E-state index contributed by atoms with van der Waals surface area (Å²) in [5.41, 5.74) is 7.96. The van der Waals surface area contributed by atoms with Gasteiger partial charge in [-0.3, -0.25) is 4.79 Å². The Balaban J connectivity index is 1.32. The molecule has 1 atom stereocenters. The minimum atomic E-state index is -0.465. The van der Waals surface area contributed by atoms with E-state index in [1.54, 1.807) is 29.2 Å². The van der Waals surface area contributed by atoms with Crippen LogP contribution in [0.15, 0.2) is 72.7 Å². The highest BCUT2D eigenvalue weighted by Crippen LogP contribution is 2.37. The summed E-state index contributed by atoms with van der Waals surface area (Å²) >= 11 is 0. The zero-order chi connectivity index (χ0) is 26.9. The molecule has 1 saturated carbocycles. The van der Waals surface area contributed by atoms with Crippen LogP contribution in [-0.2, 0) is 11.3 Å². The Bertz CT molecular complexity index is 1620. The molecule has 1 amide bonds. The van der Waals surface area contributed by atoms with Crippen LogP contribution in [0.1, 0.15) is 25.7 Å². The largest absolute Gasteiger partial charge is 0.457 e. The number of ether oxygens (including phenoxy) is 1. The van der Waals surface area contributed by atoms with Gasteiger partial charge >= 0.3 is 0 Å². The number of anilines is 1. The van der Waals surface area contributed by atoms with Crippen LogP contribution in [-0.4, -0.2) is 37.9 Å². The zero-order valence-electron chi connectivity index (χ0n) is 21.3. The summed E-state index contributed by atoms with van der Waals surface area (Å²) in [5, 5.41) is 10.1. The monoisotopic (exact) mass is 522 g/mol. The van der Waals surface area contributed by atoms with Gasteiger partial charge in [-0.05, 0) is 55.9 Å². The summed E-state index contributed by atoms with van der Waals surface area (Å²) < 4.78 is 23.1. The van der Waals surface area contributed by atoms with Gasteiger partial charge in [0.05, 0.1) is 11.4 Å². The maximum atomic E-state index is 15.5. The van der Waals surface area contributed by atoms with Crippen LogP contribution < -0.4 is 10.5 Å². The number of fused-ring (bicyclic) bond motifs is 1. The van der Waals surface area contributed by atoms with Crippen molar-refractivity contribution >= 4 is 22.8 Å². The quantitative estimate of drug-likeness (QED) is 0.255. The number of nitrogens with zero attached hydrogens (tertiary/aromatic N) is 5. The van der Waals surface area contributed by atoms with Crippen LogP contribution in [0.25, 0.3) is 22.2 Å². The first kappa shape index (κ1) is 24.6. The number of aromatic nitrogens is 3. The second-order valence-corrected chi connectivity index (χ2v) is 10.0. The number of carbonyl (C=O) groups excluding carboxylic acids is 1. The molecule has 2 N–H and O–H groups in total. The lowest BCUT2D eigenvalue weighted by Gasteiger charge is -2.25. The van der Waals surface area contributed by atoms with Gasteiger partial charge in [0.2, 0.25) is 0 Å². The van der Waals surface area contributed by atoms with Crippen molar-refractivity contribution in [3.05, 3.63) is 78.5 Å². The third-order valence-electron chi connectivity index (χ3n) is 7.31. The summed E-state index contributed by atoms with van der Waals surface area (Å²) in [4.78, 5) is 23.6. The summed E-state index contributed by atoms with van der Waals surface area (Å²) in [5.74, 6) is 0.880. The number of para-hydroxylation sites is 1. The van der Waals surface area contributed by atoms with Crippen LogP contribution in [0.4, 0.5) is 10.2 Å². The Labute approximate surface area is 225 Å². The van der Waals surface area contributed by atoms with Crippen molar-refractivity contribution in [1.29, 1.82) is 5.26 Å². The smallest absolute Gasteiger partial charge is 0.264 e. The van der Waals surface area contributed by atoms with Gasteiger partial charge in [0.1, 0.15) is 46.8 Å². The second kappa shape index (κ2) is 10.2. The number of nitriles is 1. The Hall–Kier alpha value is -4.71. The molecule has 39 heavy (non-hydrogen) atoms. The maximum Gasteiger partial charge on any atom is 0.264 e. The molecule has 1 aliphatic carbocycles. The SMILES string of the molecule is N#C/C(=C\C1CC1)C(=O)N1CCC[C@@H]1Cn1cc(-c2ccc(Oc3ccccc3)cc2F)c2c(N)ncnc21. The van der Waals surface area contributed by atoms with Crippen LogP contribution >= 0.6 is 0 Å². The molecule has 9 heteroatoms. The summed E-state index contributed by atoms with van der Waals surface area (Å²) in [7, 11) is 0. The van der Waals surface area contributed by atoms with Crippen LogP contribution in [0.5, 0.6) is 11.5 Å². The predicted octanol–water partition coefficient (Wildman–Crippen LogP) is 5.46. The normalized spacial score (nSPS) is 17.4. The molecule has 1 aliphatic heterocycles. The third-order valence-corrected chi connectivity index (χ3v) is 7.31. The van der Waals surface area contributed by atoms with E-state index >= 15 is 4.39 Å². The van der Waals surface area contributed by atoms with Gasteiger partial charge in [-0.25, -0.2) is 14.4 Å². The fraction of sp³-hybridized carbons (Fsp3) is 0.267. The molecular formula is C30H27FN6O2. The molecule has 0 spiro atoms. The number of rotatable bonds is 7. The van der Waals surface area contributed by atoms with E-state index in [0.717, 1.165) is 25.7 Å². The van der Waals surface area contributed by atoms with Crippen molar-refractivity contribution in [3.63, 3.8) is 0 Å². The highest BCUT2D eigenvalue weighted by Gasteiger charge is 2.33. The molecule has 4 aromatic rings. The maximum absolute atomic E-state index is 15.5. The topological polar surface area (TPSA) is 110 Å². The molecule has 2 aliphatic rings. The van der Waals surface area contributed by atoms with E-state index in [1.807, 2.05) is 35.0 Å². The Morgan fingerprint density at radius 1 is 1.13 bits per heavy atom. The first-order valence-electron chi connectivity index (χ1n) is 13.1. The number of nitrogen functional groups attached to an aromatic ring is 1. The van der Waals surface area contributed by atoms with E-state index in [0.29, 0.717) is 52.7 Å². The molecule has 0 unspecified atom stereocenters. The number of hydrogen-bond donors (Lipinski definition) is 1. The van der Waals surface area contributed by atoms with E-state index in [4.69, 9.17) is 10.5 Å². The van der Waals surface area contributed by atoms with Crippen LogP contribution in [0.2, 0.25) is 0 Å². The number of carbonyl (C=O) groups is 1. The summed E-state index contributed by atoms with van der Waals surface area (Å²) in [6.45, 7) is 1.03. The third kappa shape index (κ3) is 4.93. The van der Waals surface area contributed by atoms with Crippen molar-refractivity contribution in [2.45, 2.75) is 38.3 Å². The molecule has 0 bridgehead atoms. The molecular weight excluding hydrogens is 495 g/mol. The fourth-order valence-electron chi connectivity index (χ4n) is 5.22. The molecule has 6 rings (SSSR count). The van der Waals surface area contributed by atoms with Crippen molar-refractivity contribution in [2.24, 2.45) is 5.92 Å². The van der Waals surface area contributed by atoms with Gasteiger partial charge in [-0.2, -0.15) is 5.26 Å². The Kier molecular flexibility index (Phi) is 6.45. The predicted molar refractivity (Wildman–Crippen MR) is 145 cm³/mol. The Morgan fingerprint density at radius 3 is 2.69 bits per heavy atom. The zero-order valence-corrected chi connectivity index (χ0v) is 21.3. The molecule has 1 saturated heterocycles. The van der Waals surface area contributed by atoms with Crippen molar-refractivity contribution < 1.29 is 13.9 Å². The van der Waals surface area contributed by atoms with Crippen molar-refractivity contribution in [1.82, 2.24) is 19.4 Å². The van der Waals surface area contributed by atoms with E-state index in [1.165, 1.54) is 12.4 Å². The summed E-state index contributed by atoms with van der Waals surface area (Å²) in [6.07, 6.45) is 8.70. The van der Waals surface area contributed by atoms with Crippen LogP contribution in [0, 0.1) is 23.1 Å². The number of likely N-dealkylation sites (tertiary alicyclic amines) is 1. The molecule has 3 heterocycles. The number of hydrogen-bond acceptors (Lipinski definition) is 6. The number of amides is 1. The molecule has 196 valence electrons. The highest BCUT2D eigenvalue weighted by atomic mass is 19.1. The standard InChI is InChI=1S/C30H27FN6O2/c31-26-14-23(39-22-6-2-1-3-7-22)10-11-24(26)25-17-36(29-27(25)28(33)34-18-35-29)16-21-5-4-12-37(21)30(38)20(15-32)13-19-8-9-19/h1-3,6-7,10-11,13-14,17-19,21H,4-5,8-9,12,16H2,(H2,33,34,35)/b20-13+/t21-/m1/s1. The lowest BCUT2D eigenvalue weighted by Crippen LogP contribution is -2.38. The van der Waals surface area contributed by atoms with E-state index in [-0.39, 0.29) is 23.3 Å². The van der Waals surface area contributed by atoms with Crippen molar-refractivity contribution in [2.75, 3.05) is 12.3 Å². The van der Waals surface area contributed by atoms with E-state index < -0.39 is 5.82 Å². The lowest BCUT2D eigenvalue weighted by molar-refractivity contribution is -0.127. The number of benzene rings is 2. The number of nitrogens with two attached hydrogens (primary N) is 1. The van der Waals surface area contributed by atoms with E-state index in [9.17, 15) is 10.1 Å². The second-order valence-electron chi connectivity index (χ2n) is 10.0. The number of allylic oxidation sites excluding steroid dienone is 1. The van der Waals surface area contributed by atoms with Gasteiger partial charge in [0, 0.05) is 36.5 Å².